The average molecular weight is 505 g/mol. The predicted octanol–water partition coefficient (Wildman–Crippen LogP) is 3.58. The maximum absolute atomic E-state index is 13.7. The van der Waals surface area contributed by atoms with Gasteiger partial charge in [-0.05, 0) is 52.0 Å². The fourth-order valence-corrected chi connectivity index (χ4v) is 2.42. The summed E-state index contributed by atoms with van der Waals surface area (Å²) in [5.41, 5.74) is -1.22. The van der Waals surface area contributed by atoms with Gasteiger partial charge >= 0.3 is 0 Å². The number of aryl methyl sites for hydroxylation is 1. The van der Waals surface area contributed by atoms with E-state index >= 15 is 0 Å². The monoisotopic (exact) mass is 505 g/mol. The number of hydrogen-bond acceptors (Lipinski definition) is 4. The summed E-state index contributed by atoms with van der Waals surface area (Å²) in [6.07, 6.45) is -0.279. The van der Waals surface area contributed by atoms with Crippen molar-refractivity contribution in [1.82, 2.24) is 10.6 Å². The van der Waals surface area contributed by atoms with Crippen molar-refractivity contribution < 1.29 is 18.7 Å². The first-order valence-corrected chi connectivity index (χ1v) is 9.04. The Morgan fingerprint density at radius 3 is 2.61 bits per heavy atom. The number of rotatable bonds is 8. The van der Waals surface area contributed by atoms with E-state index in [1.54, 1.807) is 37.3 Å². The van der Waals surface area contributed by atoms with Gasteiger partial charge in [-0.3, -0.25) is 0 Å². The van der Waals surface area contributed by atoms with Crippen molar-refractivity contribution in [3.05, 3.63) is 53.7 Å². The van der Waals surface area contributed by atoms with Gasteiger partial charge in [-0.1, -0.05) is 12.1 Å². The van der Waals surface area contributed by atoms with Crippen LogP contribution in [0.5, 0.6) is 5.75 Å². The first-order valence-electron chi connectivity index (χ1n) is 9.04. The number of hydrogen-bond donors (Lipinski definition) is 3. The Balaban J connectivity index is 0.00000392. The van der Waals surface area contributed by atoms with Crippen LogP contribution in [0.2, 0.25) is 0 Å². The number of nitrogens with zero attached hydrogens (tertiary/aromatic N) is 1. The summed E-state index contributed by atoms with van der Waals surface area (Å²) < 4.78 is 24.8. The molecule has 2 rings (SSSR count). The van der Waals surface area contributed by atoms with Crippen LogP contribution in [0.3, 0.4) is 0 Å². The van der Waals surface area contributed by atoms with Crippen LogP contribution >= 0.6 is 24.0 Å². The molecule has 0 saturated heterocycles. The zero-order valence-electron chi connectivity index (χ0n) is 16.7. The molecule has 0 aliphatic rings. The maximum atomic E-state index is 13.7. The van der Waals surface area contributed by atoms with Gasteiger partial charge < -0.3 is 24.9 Å². The van der Waals surface area contributed by atoms with E-state index in [1.165, 1.54) is 6.07 Å². The minimum absolute atomic E-state index is 0. The predicted molar refractivity (Wildman–Crippen MR) is 119 cm³/mol. The average Bonchev–Trinajstić information content (AvgIpc) is 3.07. The molecule has 8 heteroatoms. The summed E-state index contributed by atoms with van der Waals surface area (Å²) >= 11 is 0. The lowest BCUT2D eigenvalue weighted by Crippen LogP contribution is -2.42. The summed E-state index contributed by atoms with van der Waals surface area (Å²) in [6, 6.07) is 9.84. The van der Waals surface area contributed by atoms with Gasteiger partial charge in [-0.15, -0.1) is 24.0 Å². The molecule has 0 spiro atoms. The molecule has 0 saturated carbocycles. The van der Waals surface area contributed by atoms with Crippen LogP contribution in [0.4, 0.5) is 4.39 Å². The number of aliphatic imine (C=N–C) groups is 1. The molecule has 6 nitrogen and oxygen atoms in total. The van der Waals surface area contributed by atoms with Crippen LogP contribution in [0, 0.1) is 12.7 Å². The van der Waals surface area contributed by atoms with Crippen molar-refractivity contribution in [2.45, 2.75) is 39.4 Å². The Labute approximate surface area is 182 Å². The SMILES string of the molecule is CCNC(=NCC(C)(O)c1ccc(C)o1)NCC(C)Oc1ccccc1F.I. The van der Waals surface area contributed by atoms with Crippen LogP contribution in [0.1, 0.15) is 32.3 Å². The first-order chi connectivity index (χ1) is 12.8. The van der Waals surface area contributed by atoms with Crippen LogP contribution in [0.25, 0.3) is 0 Å². The van der Waals surface area contributed by atoms with Gasteiger partial charge in [0.2, 0.25) is 0 Å². The lowest BCUT2D eigenvalue weighted by Gasteiger charge is -2.21. The van der Waals surface area contributed by atoms with Crippen LogP contribution < -0.4 is 15.4 Å². The van der Waals surface area contributed by atoms with Gasteiger partial charge in [0.25, 0.3) is 0 Å². The van der Waals surface area contributed by atoms with Crippen molar-refractivity contribution in [1.29, 1.82) is 0 Å². The number of aliphatic hydroxyl groups is 1. The molecule has 0 aliphatic carbocycles. The maximum Gasteiger partial charge on any atom is 0.191 e. The molecule has 0 aliphatic heterocycles. The van der Waals surface area contributed by atoms with E-state index in [0.717, 1.165) is 5.76 Å². The molecule has 0 radical (unpaired) electrons. The lowest BCUT2D eigenvalue weighted by atomic mass is 10.0. The zero-order valence-corrected chi connectivity index (χ0v) is 19.0. The molecule has 3 N–H and O–H groups in total. The van der Waals surface area contributed by atoms with Crippen molar-refractivity contribution in [3.63, 3.8) is 0 Å². The summed E-state index contributed by atoms with van der Waals surface area (Å²) in [7, 11) is 0. The molecule has 2 atom stereocenters. The van der Waals surface area contributed by atoms with E-state index in [2.05, 4.69) is 15.6 Å². The fourth-order valence-electron chi connectivity index (χ4n) is 2.42. The third-order valence-electron chi connectivity index (χ3n) is 3.88. The number of nitrogens with one attached hydrogen (secondary N) is 2. The standard InChI is InChI=1S/C20H28FN3O3.HI/c1-5-22-19(24-13-20(4,25)18-11-10-14(2)27-18)23-12-15(3)26-17-9-7-6-8-16(17)21;/h6-11,15,25H,5,12-13H2,1-4H3,(H2,22,23,24);1H. The minimum atomic E-state index is -1.22. The van der Waals surface area contributed by atoms with Crippen molar-refractivity contribution >= 4 is 29.9 Å². The fraction of sp³-hybridized carbons (Fsp3) is 0.450. The molecule has 0 fully saturated rings. The highest BCUT2D eigenvalue weighted by Gasteiger charge is 2.26. The Hall–Kier alpha value is -1.81. The van der Waals surface area contributed by atoms with E-state index in [9.17, 15) is 9.50 Å². The quantitative estimate of drug-likeness (QED) is 0.291. The largest absolute Gasteiger partial charge is 0.486 e. The smallest absolute Gasteiger partial charge is 0.191 e. The normalized spacial score (nSPS) is 14.6. The van der Waals surface area contributed by atoms with Gasteiger partial charge in [-0.2, -0.15) is 0 Å². The van der Waals surface area contributed by atoms with Crippen molar-refractivity contribution in [2.24, 2.45) is 4.99 Å². The Morgan fingerprint density at radius 2 is 2.00 bits per heavy atom. The number of furan rings is 1. The van der Waals surface area contributed by atoms with Gasteiger partial charge in [-0.25, -0.2) is 9.38 Å². The van der Waals surface area contributed by atoms with E-state index in [0.29, 0.717) is 24.8 Å². The Kier molecular flexibility index (Phi) is 9.74. The summed E-state index contributed by atoms with van der Waals surface area (Å²) in [6.45, 7) is 8.47. The lowest BCUT2D eigenvalue weighted by molar-refractivity contribution is 0.0428. The van der Waals surface area contributed by atoms with Crippen LogP contribution in [-0.2, 0) is 5.60 Å². The molecular weight excluding hydrogens is 476 g/mol. The highest BCUT2D eigenvalue weighted by molar-refractivity contribution is 14.0. The number of benzene rings is 1. The molecular formula is C20H29FIN3O3. The molecule has 156 valence electrons. The van der Waals surface area contributed by atoms with Crippen LogP contribution in [0.15, 0.2) is 45.8 Å². The van der Waals surface area contributed by atoms with Gasteiger partial charge in [0.05, 0.1) is 13.1 Å². The highest BCUT2D eigenvalue weighted by atomic mass is 127. The van der Waals surface area contributed by atoms with Crippen molar-refractivity contribution in [3.8, 4) is 5.75 Å². The third-order valence-corrected chi connectivity index (χ3v) is 3.88. The molecule has 1 heterocycles. The Morgan fingerprint density at radius 1 is 1.29 bits per heavy atom. The molecule has 0 amide bonds. The summed E-state index contributed by atoms with van der Waals surface area (Å²) in [4.78, 5) is 4.42. The molecule has 1 aromatic heterocycles. The van der Waals surface area contributed by atoms with Crippen LogP contribution in [-0.4, -0.2) is 36.8 Å². The topological polar surface area (TPSA) is 79.0 Å². The van der Waals surface area contributed by atoms with Gasteiger partial charge in [0.15, 0.2) is 17.5 Å². The third kappa shape index (κ3) is 7.31. The molecule has 2 aromatic rings. The number of para-hydroxylation sites is 1. The summed E-state index contributed by atoms with van der Waals surface area (Å²) in [5, 5.41) is 16.8. The van der Waals surface area contributed by atoms with E-state index < -0.39 is 11.4 Å². The van der Waals surface area contributed by atoms with Gasteiger partial charge in [0.1, 0.15) is 23.2 Å². The summed E-state index contributed by atoms with van der Waals surface area (Å²) in [5.74, 6) is 1.55. The molecule has 28 heavy (non-hydrogen) atoms. The zero-order chi connectivity index (χ0) is 19.9. The van der Waals surface area contributed by atoms with E-state index in [1.807, 2.05) is 20.8 Å². The molecule has 1 aromatic carbocycles. The van der Waals surface area contributed by atoms with Gasteiger partial charge in [0, 0.05) is 6.54 Å². The second kappa shape index (κ2) is 11.3. The number of halogens is 2. The number of guanidine groups is 1. The van der Waals surface area contributed by atoms with E-state index in [-0.39, 0.29) is 42.4 Å². The van der Waals surface area contributed by atoms with E-state index in [4.69, 9.17) is 9.15 Å². The first kappa shape index (κ1) is 24.2. The second-order valence-corrected chi connectivity index (χ2v) is 6.62. The Bertz CT molecular complexity index is 765. The second-order valence-electron chi connectivity index (χ2n) is 6.62. The molecule has 0 bridgehead atoms. The number of ether oxygens (including phenoxy) is 1. The van der Waals surface area contributed by atoms with Crippen molar-refractivity contribution in [2.75, 3.05) is 19.6 Å². The minimum Gasteiger partial charge on any atom is -0.486 e. The highest BCUT2D eigenvalue weighted by Crippen LogP contribution is 2.23. The molecule has 2 unspecified atom stereocenters.